The van der Waals surface area contributed by atoms with Crippen molar-refractivity contribution in [3.63, 3.8) is 0 Å². The second kappa shape index (κ2) is 12.2. The summed E-state index contributed by atoms with van der Waals surface area (Å²) in [6, 6.07) is 8.24. The molecule has 10 heteroatoms. The molecule has 4 rings (SSSR count). The molecule has 1 aromatic heterocycles. The molecule has 2 saturated heterocycles. The molecule has 0 radical (unpaired) electrons. The number of ether oxygens (including phenoxy) is 2. The fourth-order valence-corrected chi connectivity index (χ4v) is 4.56. The zero-order valence-electron chi connectivity index (χ0n) is 20.6. The molecule has 2 aliphatic rings. The van der Waals surface area contributed by atoms with Crippen LogP contribution < -0.4 is 10.2 Å². The Bertz CT molecular complexity index is 972. The van der Waals surface area contributed by atoms with E-state index in [-0.39, 0.29) is 18.5 Å². The highest BCUT2D eigenvalue weighted by atomic mass is 79.9. The quantitative estimate of drug-likeness (QED) is 0.488. The summed E-state index contributed by atoms with van der Waals surface area (Å²) >= 11 is 3.57. The van der Waals surface area contributed by atoms with E-state index in [4.69, 9.17) is 14.5 Å². The molecule has 0 spiro atoms. The molecule has 0 saturated carbocycles. The van der Waals surface area contributed by atoms with Gasteiger partial charge in [0.2, 0.25) is 5.95 Å². The van der Waals surface area contributed by atoms with Gasteiger partial charge in [-0.15, -0.1) is 12.4 Å². The number of benzene rings is 1. The van der Waals surface area contributed by atoms with Gasteiger partial charge in [-0.05, 0) is 86.6 Å². The zero-order valence-corrected chi connectivity index (χ0v) is 23.0. The van der Waals surface area contributed by atoms with Crippen LogP contribution in [0.25, 0.3) is 0 Å². The van der Waals surface area contributed by atoms with Crippen LogP contribution in [0.3, 0.4) is 0 Å². The third-order valence-corrected chi connectivity index (χ3v) is 6.63. The summed E-state index contributed by atoms with van der Waals surface area (Å²) in [7, 11) is 0. The van der Waals surface area contributed by atoms with Crippen LogP contribution in [0.4, 0.5) is 22.1 Å². The number of carbonyl (C=O) groups excluding carboxylic acids is 1. The predicted molar refractivity (Wildman–Crippen MR) is 144 cm³/mol. The molecule has 1 amide bonds. The summed E-state index contributed by atoms with van der Waals surface area (Å²) in [5.74, 6) is 0.587. The van der Waals surface area contributed by atoms with Gasteiger partial charge >= 0.3 is 6.09 Å². The lowest BCUT2D eigenvalue weighted by Gasteiger charge is -2.36. The Morgan fingerprint density at radius 3 is 2.54 bits per heavy atom. The van der Waals surface area contributed by atoms with Gasteiger partial charge in [-0.1, -0.05) is 0 Å². The molecule has 192 valence electrons. The number of hydrogen-bond acceptors (Lipinski definition) is 7. The minimum absolute atomic E-state index is 0. The Labute approximate surface area is 222 Å². The number of amides is 1. The smallest absolute Gasteiger partial charge is 0.410 e. The molecule has 0 aliphatic carbocycles. The summed E-state index contributed by atoms with van der Waals surface area (Å²) in [5, 5.41) is 3.31. The van der Waals surface area contributed by atoms with E-state index in [9.17, 15) is 4.79 Å². The van der Waals surface area contributed by atoms with Crippen molar-refractivity contribution in [2.24, 2.45) is 0 Å². The first-order valence-corrected chi connectivity index (χ1v) is 12.8. The Morgan fingerprint density at radius 1 is 1.20 bits per heavy atom. The molecule has 2 aromatic rings. The van der Waals surface area contributed by atoms with Gasteiger partial charge in [-0.3, -0.25) is 0 Å². The van der Waals surface area contributed by atoms with Crippen molar-refractivity contribution >= 4 is 51.8 Å². The van der Waals surface area contributed by atoms with Crippen LogP contribution in [-0.4, -0.2) is 65.5 Å². The third kappa shape index (κ3) is 7.95. The Balaban J connectivity index is 0.00000342. The highest BCUT2D eigenvalue weighted by Crippen LogP contribution is 2.24. The second-order valence-corrected chi connectivity index (χ2v) is 10.6. The predicted octanol–water partition coefficient (Wildman–Crippen LogP) is 5.57. The molecule has 3 heterocycles. The Morgan fingerprint density at radius 2 is 1.91 bits per heavy atom. The Kier molecular flexibility index (Phi) is 9.61. The van der Waals surface area contributed by atoms with E-state index < -0.39 is 5.60 Å². The number of hydrogen-bond donors (Lipinski definition) is 1. The summed E-state index contributed by atoms with van der Waals surface area (Å²) in [4.78, 5) is 25.5. The summed E-state index contributed by atoms with van der Waals surface area (Å²) in [5.41, 5.74) is 2.58. The average molecular weight is 569 g/mol. The van der Waals surface area contributed by atoms with Gasteiger partial charge in [-0.25, -0.2) is 14.8 Å². The van der Waals surface area contributed by atoms with Gasteiger partial charge in [0.15, 0.2) is 0 Å². The minimum Gasteiger partial charge on any atom is -0.444 e. The van der Waals surface area contributed by atoms with Crippen LogP contribution in [0.2, 0.25) is 0 Å². The zero-order chi connectivity index (χ0) is 24.1. The number of nitrogens with zero attached hydrogens (tertiary/aromatic N) is 4. The minimum atomic E-state index is -0.471. The SMILES string of the molecule is CC(C)(C)OC(=O)N1CCN(c2ccc(Nc3ncc(Br)c(CCC4CCCO4)n3)cc2)CC1.Cl. The van der Waals surface area contributed by atoms with E-state index in [1.54, 1.807) is 11.1 Å². The number of anilines is 3. The van der Waals surface area contributed by atoms with Crippen LogP contribution in [0.5, 0.6) is 0 Å². The maximum atomic E-state index is 12.3. The molecular weight excluding hydrogens is 534 g/mol. The number of aryl methyl sites for hydroxylation is 1. The summed E-state index contributed by atoms with van der Waals surface area (Å²) in [6.07, 6.45) is 6.03. The third-order valence-electron chi connectivity index (χ3n) is 5.96. The van der Waals surface area contributed by atoms with Crippen molar-refractivity contribution in [1.82, 2.24) is 14.9 Å². The van der Waals surface area contributed by atoms with E-state index in [0.29, 0.717) is 25.1 Å². The standard InChI is InChI=1S/C25H34BrN5O3.ClH/c1-25(2,3)34-24(32)31-14-12-30(13-15-31)19-8-6-18(7-9-19)28-23-27-17-21(26)22(29-23)11-10-20-5-4-16-33-20;/h6-9,17,20H,4-5,10-16H2,1-3H3,(H,27,28,29);1H. The van der Waals surface area contributed by atoms with Crippen molar-refractivity contribution in [3.05, 3.63) is 40.6 Å². The maximum absolute atomic E-state index is 12.3. The van der Waals surface area contributed by atoms with Gasteiger partial charge in [0, 0.05) is 50.4 Å². The molecule has 1 N–H and O–H groups in total. The van der Waals surface area contributed by atoms with Crippen LogP contribution in [-0.2, 0) is 15.9 Å². The first kappa shape index (κ1) is 27.5. The molecule has 1 unspecified atom stereocenters. The molecule has 8 nitrogen and oxygen atoms in total. The lowest BCUT2D eigenvalue weighted by Crippen LogP contribution is -2.50. The van der Waals surface area contributed by atoms with Crippen LogP contribution in [0.15, 0.2) is 34.9 Å². The number of piperazine rings is 1. The van der Waals surface area contributed by atoms with E-state index in [1.165, 1.54) is 0 Å². The van der Waals surface area contributed by atoms with Crippen molar-refractivity contribution in [1.29, 1.82) is 0 Å². The molecule has 1 atom stereocenters. The first-order valence-electron chi connectivity index (χ1n) is 12.0. The number of aromatic nitrogens is 2. The lowest BCUT2D eigenvalue weighted by atomic mass is 10.1. The van der Waals surface area contributed by atoms with Crippen LogP contribution >= 0.6 is 28.3 Å². The molecule has 1 aromatic carbocycles. The van der Waals surface area contributed by atoms with Crippen molar-refractivity contribution in [3.8, 4) is 0 Å². The van der Waals surface area contributed by atoms with Gasteiger partial charge in [0.25, 0.3) is 0 Å². The average Bonchev–Trinajstić information content (AvgIpc) is 3.33. The van der Waals surface area contributed by atoms with Gasteiger partial charge in [0.1, 0.15) is 5.60 Å². The van der Waals surface area contributed by atoms with E-state index in [1.807, 2.05) is 32.9 Å². The van der Waals surface area contributed by atoms with E-state index in [2.05, 4.69) is 43.3 Å². The van der Waals surface area contributed by atoms with Crippen LogP contribution in [0, 0.1) is 0 Å². The summed E-state index contributed by atoms with van der Waals surface area (Å²) in [6.45, 7) is 9.39. The highest BCUT2D eigenvalue weighted by molar-refractivity contribution is 9.10. The number of halogens is 2. The van der Waals surface area contributed by atoms with Gasteiger partial charge < -0.3 is 24.6 Å². The highest BCUT2D eigenvalue weighted by Gasteiger charge is 2.26. The number of nitrogens with one attached hydrogen (secondary N) is 1. The fourth-order valence-electron chi connectivity index (χ4n) is 4.17. The fraction of sp³-hybridized carbons (Fsp3) is 0.560. The van der Waals surface area contributed by atoms with Gasteiger partial charge in [0.05, 0.1) is 16.3 Å². The largest absolute Gasteiger partial charge is 0.444 e. The molecule has 0 bridgehead atoms. The Hall–Kier alpha value is -2.10. The molecule has 2 fully saturated rings. The molecular formula is C25H35BrClN5O3. The number of rotatable bonds is 6. The van der Waals surface area contributed by atoms with Crippen molar-refractivity contribution in [2.75, 3.05) is 43.0 Å². The second-order valence-electron chi connectivity index (χ2n) is 9.79. The maximum Gasteiger partial charge on any atom is 0.410 e. The summed E-state index contributed by atoms with van der Waals surface area (Å²) < 4.78 is 12.1. The van der Waals surface area contributed by atoms with E-state index in [0.717, 1.165) is 66.9 Å². The monoisotopic (exact) mass is 567 g/mol. The van der Waals surface area contributed by atoms with Gasteiger partial charge in [-0.2, -0.15) is 0 Å². The topological polar surface area (TPSA) is 79.8 Å². The number of carbonyl (C=O) groups is 1. The van der Waals surface area contributed by atoms with E-state index >= 15 is 0 Å². The normalized spacial score (nSPS) is 18.2. The molecule has 35 heavy (non-hydrogen) atoms. The van der Waals surface area contributed by atoms with Crippen molar-refractivity contribution in [2.45, 2.75) is 58.2 Å². The lowest BCUT2D eigenvalue weighted by molar-refractivity contribution is 0.0240. The molecule has 2 aliphatic heterocycles. The van der Waals surface area contributed by atoms with Crippen LogP contribution in [0.1, 0.15) is 45.7 Å². The first-order chi connectivity index (χ1) is 16.3. The van der Waals surface area contributed by atoms with Crippen molar-refractivity contribution < 1.29 is 14.3 Å².